The Labute approximate surface area is 97.3 Å². The topological polar surface area (TPSA) is 20.3 Å². The molecule has 1 atom stereocenters. The number of benzene rings is 1. The Morgan fingerprint density at radius 2 is 2.06 bits per heavy atom. The van der Waals surface area contributed by atoms with Crippen molar-refractivity contribution in [1.82, 2.24) is 4.90 Å². The van der Waals surface area contributed by atoms with Gasteiger partial charge in [-0.25, -0.2) is 0 Å². The van der Waals surface area contributed by atoms with Gasteiger partial charge in [-0.3, -0.25) is 4.79 Å². The molecule has 0 radical (unpaired) electrons. The largest absolute Gasteiger partial charge is 0.336 e. The minimum absolute atomic E-state index is 0.281. The molecule has 1 fully saturated rings. The zero-order valence-electron chi connectivity index (χ0n) is 10.1. The van der Waals surface area contributed by atoms with Crippen molar-refractivity contribution in [2.75, 3.05) is 6.54 Å². The number of likely N-dealkylation sites (tertiary alicyclic amines) is 1. The third-order valence-corrected chi connectivity index (χ3v) is 3.34. The van der Waals surface area contributed by atoms with Crippen LogP contribution in [0.15, 0.2) is 24.3 Å². The van der Waals surface area contributed by atoms with Crippen LogP contribution < -0.4 is 0 Å². The second kappa shape index (κ2) is 4.69. The maximum atomic E-state index is 11.8. The third kappa shape index (κ3) is 2.11. The Morgan fingerprint density at radius 3 is 2.69 bits per heavy atom. The molecule has 1 aromatic carbocycles. The summed E-state index contributed by atoms with van der Waals surface area (Å²) in [7, 11) is 0. The first-order valence-corrected chi connectivity index (χ1v) is 6.08. The molecule has 2 heteroatoms. The molecular weight excluding hydrogens is 198 g/mol. The number of nitrogens with zero attached hydrogens (tertiary/aromatic N) is 1. The van der Waals surface area contributed by atoms with E-state index >= 15 is 0 Å². The van der Waals surface area contributed by atoms with Crippen molar-refractivity contribution in [3.8, 4) is 0 Å². The lowest BCUT2D eigenvalue weighted by molar-refractivity contribution is -0.131. The summed E-state index contributed by atoms with van der Waals surface area (Å²) in [5.41, 5.74) is 2.56. The van der Waals surface area contributed by atoms with Crippen molar-refractivity contribution in [3.05, 3.63) is 35.4 Å². The van der Waals surface area contributed by atoms with Crippen LogP contribution in [0.5, 0.6) is 0 Å². The van der Waals surface area contributed by atoms with Gasteiger partial charge in [-0.05, 0) is 25.3 Å². The molecule has 0 unspecified atom stereocenters. The molecular formula is C14H19NO. The second-order valence-electron chi connectivity index (χ2n) is 4.51. The quantitative estimate of drug-likeness (QED) is 0.745. The van der Waals surface area contributed by atoms with E-state index in [9.17, 15) is 4.79 Å². The van der Waals surface area contributed by atoms with E-state index in [4.69, 9.17) is 0 Å². The highest BCUT2D eigenvalue weighted by molar-refractivity contribution is 5.76. The second-order valence-corrected chi connectivity index (χ2v) is 4.51. The molecule has 1 aliphatic rings. The first kappa shape index (κ1) is 11.2. The molecule has 0 aromatic heterocycles. The lowest BCUT2D eigenvalue weighted by atomic mass is 10.0. The Hall–Kier alpha value is -1.31. The predicted molar refractivity (Wildman–Crippen MR) is 65.2 cm³/mol. The molecule has 2 nitrogen and oxygen atoms in total. The zero-order valence-corrected chi connectivity index (χ0v) is 10.1. The Morgan fingerprint density at radius 1 is 1.38 bits per heavy atom. The summed E-state index contributed by atoms with van der Waals surface area (Å²) >= 11 is 0. The summed E-state index contributed by atoms with van der Waals surface area (Å²) in [6.45, 7) is 4.95. The average molecular weight is 217 g/mol. The van der Waals surface area contributed by atoms with E-state index in [0.29, 0.717) is 12.5 Å². The maximum absolute atomic E-state index is 11.8. The van der Waals surface area contributed by atoms with Crippen LogP contribution in [-0.4, -0.2) is 17.4 Å². The van der Waals surface area contributed by atoms with Crippen LogP contribution in [-0.2, 0) is 4.79 Å². The smallest absolute Gasteiger partial charge is 0.222 e. The zero-order chi connectivity index (χ0) is 11.5. The number of hydrogen-bond acceptors (Lipinski definition) is 1. The van der Waals surface area contributed by atoms with Gasteiger partial charge in [0, 0.05) is 13.0 Å². The van der Waals surface area contributed by atoms with Crippen LogP contribution in [0, 0.1) is 6.92 Å². The van der Waals surface area contributed by atoms with Crippen molar-refractivity contribution in [2.45, 2.75) is 39.2 Å². The number of aryl methyl sites for hydroxylation is 1. The van der Waals surface area contributed by atoms with Crippen LogP contribution >= 0.6 is 0 Å². The van der Waals surface area contributed by atoms with Gasteiger partial charge >= 0.3 is 0 Å². The van der Waals surface area contributed by atoms with E-state index < -0.39 is 0 Å². The molecule has 0 aliphatic carbocycles. The molecule has 0 bridgehead atoms. The number of hydrogen-bond donors (Lipinski definition) is 0. The summed E-state index contributed by atoms with van der Waals surface area (Å²) in [5, 5.41) is 0. The summed E-state index contributed by atoms with van der Waals surface area (Å²) in [6.07, 6.45) is 2.85. The van der Waals surface area contributed by atoms with Crippen molar-refractivity contribution < 1.29 is 4.79 Å². The van der Waals surface area contributed by atoms with Gasteiger partial charge in [0.25, 0.3) is 0 Å². The molecule has 86 valence electrons. The van der Waals surface area contributed by atoms with Crippen LogP contribution in [0.2, 0.25) is 0 Å². The van der Waals surface area contributed by atoms with Gasteiger partial charge in [0.2, 0.25) is 5.91 Å². The molecule has 0 spiro atoms. The van der Waals surface area contributed by atoms with Gasteiger partial charge in [-0.15, -0.1) is 0 Å². The Balaban J connectivity index is 2.19. The third-order valence-electron chi connectivity index (χ3n) is 3.34. The SMILES string of the molecule is CCC(=O)N1CCC[C@H]1c1ccc(C)cc1. The number of carbonyl (C=O) groups is 1. The van der Waals surface area contributed by atoms with Gasteiger partial charge in [-0.2, -0.15) is 0 Å². The Bertz CT molecular complexity index is 369. The first-order valence-electron chi connectivity index (χ1n) is 6.08. The number of amides is 1. The molecule has 0 saturated carbocycles. The fraction of sp³-hybridized carbons (Fsp3) is 0.500. The van der Waals surface area contributed by atoms with Crippen molar-refractivity contribution >= 4 is 5.91 Å². The summed E-state index contributed by atoms with van der Waals surface area (Å²) in [5.74, 6) is 0.281. The summed E-state index contributed by atoms with van der Waals surface area (Å²) in [6, 6.07) is 8.88. The van der Waals surface area contributed by atoms with Crippen LogP contribution in [0.3, 0.4) is 0 Å². The van der Waals surface area contributed by atoms with Crippen LogP contribution in [0.25, 0.3) is 0 Å². The highest BCUT2D eigenvalue weighted by Crippen LogP contribution is 2.32. The fourth-order valence-electron chi connectivity index (χ4n) is 2.40. The fourth-order valence-corrected chi connectivity index (χ4v) is 2.40. The van der Waals surface area contributed by atoms with Gasteiger partial charge in [0.05, 0.1) is 6.04 Å². The lowest BCUT2D eigenvalue weighted by Gasteiger charge is -2.24. The van der Waals surface area contributed by atoms with Gasteiger partial charge in [0.15, 0.2) is 0 Å². The van der Waals surface area contributed by atoms with Crippen molar-refractivity contribution in [1.29, 1.82) is 0 Å². The summed E-state index contributed by atoms with van der Waals surface area (Å²) < 4.78 is 0. The molecule has 1 aliphatic heterocycles. The van der Waals surface area contributed by atoms with E-state index in [1.54, 1.807) is 0 Å². The molecule has 1 heterocycles. The van der Waals surface area contributed by atoms with Crippen molar-refractivity contribution in [2.24, 2.45) is 0 Å². The lowest BCUT2D eigenvalue weighted by Crippen LogP contribution is -2.29. The highest BCUT2D eigenvalue weighted by Gasteiger charge is 2.28. The minimum Gasteiger partial charge on any atom is -0.336 e. The molecule has 2 rings (SSSR count). The number of rotatable bonds is 2. The molecule has 1 aromatic rings. The highest BCUT2D eigenvalue weighted by atomic mass is 16.2. The monoisotopic (exact) mass is 217 g/mol. The van der Waals surface area contributed by atoms with Gasteiger partial charge in [-0.1, -0.05) is 36.8 Å². The van der Waals surface area contributed by atoms with E-state index in [2.05, 4.69) is 31.2 Å². The molecule has 16 heavy (non-hydrogen) atoms. The average Bonchev–Trinajstić information content (AvgIpc) is 2.78. The number of carbonyl (C=O) groups excluding carboxylic acids is 1. The van der Waals surface area contributed by atoms with E-state index in [1.807, 2.05) is 11.8 Å². The maximum Gasteiger partial charge on any atom is 0.222 e. The van der Waals surface area contributed by atoms with E-state index in [-0.39, 0.29) is 5.91 Å². The van der Waals surface area contributed by atoms with Gasteiger partial charge in [0.1, 0.15) is 0 Å². The predicted octanol–water partition coefficient (Wildman–Crippen LogP) is 3.07. The van der Waals surface area contributed by atoms with E-state index in [0.717, 1.165) is 19.4 Å². The normalized spacial score (nSPS) is 20.1. The summed E-state index contributed by atoms with van der Waals surface area (Å²) in [4.78, 5) is 13.8. The minimum atomic E-state index is 0.281. The Kier molecular flexibility index (Phi) is 3.28. The van der Waals surface area contributed by atoms with Crippen molar-refractivity contribution in [3.63, 3.8) is 0 Å². The van der Waals surface area contributed by atoms with Gasteiger partial charge < -0.3 is 4.90 Å². The standard InChI is InChI=1S/C14H19NO/c1-3-14(16)15-10-4-5-13(15)12-8-6-11(2)7-9-12/h6-9,13H,3-5,10H2,1-2H3/t13-/m0/s1. The molecule has 0 N–H and O–H groups in total. The first-order chi connectivity index (χ1) is 7.72. The van der Waals surface area contributed by atoms with E-state index in [1.165, 1.54) is 11.1 Å². The molecule has 1 saturated heterocycles. The van der Waals surface area contributed by atoms with Crippen LogP contribution in [0.1, 0.15) is 43.4 Å². The van der Waals surface area contributed by atoms with Crippen LogP contribution in [0.4, 0.5) is 0 Å². The molecule has 1 amide bonds.